The van der Waals surface area contributed by atoms with E-state index in [-0.39, 0.29) is 55.9 Å². The van der Waals surface area contributed by atoms with Crippen molar-refractivity contribution in [2.45, 2.75) is 69.7 Å². The van der Waals surface area contributed by atoms with Crippen molar-refractivity contribution in [1.82, 2.24) is 15.1 Å². The second-order valence-electron chi connectivity index (χ2n) is 9.73. The molecule has 3 rings (SSSR count). The zero-order valence-electron chi connectivity index (χ0n) is 21.2. The SMILES string of the molecule is CCCC1C(=O)N(C(CC2=CCC(C)(F)C=C2)C(=O)NC)CCN1C(=O)C(N)Cc1ccc(F)cc1. The van der Waals surface area contributed by atoms with E-state index in [0.717, 1.165) is 11.1 Å². The first-order chi connectivity index (χ1) is 17.1. The number of benzene rings is 1. The Hall–Kier alpha value is -3.07. The number of hydrogen-bond donors (Lipinski definition) is 2. The van der Waals surface area contributed by atoms with Crippen LogP contribution in [0.3, 0.4) is 0 Å². The maximum atomic E-state index is 14.2. The number of halogens is 2. The van der Waals surface area contributed by atoms with Gasteiger partial charge in [0.25, 0.3) is 0 Å². The number of nitrogens with one attached hydrogen (secondary N) is 1. The minimum Gasteiger partial charge on any atom is -0.357 e. The Morgan fingerprint density at radius 2 is 1.92 bits per heavy atom. The average Bonchev–Trinajstić information content (AvgIpc) is 2.85. The van der Waals surface area contributed by atoms with E-state index in [1.165, 1.54) is 42.0 Å². The van der Waals surface area contributed by atoms with Crippen LogP contribution in [0.15, 0.2) is 48.1 Å². The molecule has 0 saturated carbocycles. The van der Waals surface area contributed by atoms with Crippen LogP contribution in [-0.4, -0.2) is 71.5 Å². The number of allylic oxidation sites excluding steroid dienone is 3. The molecule has 1 fully saturated rings. The monoisotopic (exact) mass is 502 g/mol. The van der Waals surface area contributed by atoms with E-state index in [1.54, 1.807) is 24.3 Å². The predicted molar refractivity (Wildman–Crippen MR) is 134 cm³/mol. The zero-order valence-corrected chi connectivity index (χ0v) is 21.2. The van der Waals surface area contributed by atoms with Gasteiger partial charge in [0.1, 0.15) is 23.6 Å². The van der Waals surface area contributed by atoms with Gasteiger partial charge in [-0.3, -0.25) is 14.4 Å². The third kappa shape index (κ3) is 6.57. The summed E-state index contributed by atoms with van der Waals surface area (Å²) in [6.07, 6.45) is 6.70. The van der Waals surface area contributed by atoms with Crippen LogP contribution in [0.2, 0.25) is 0 Å². The highest BCUT2D eigenvalue weighted by Gasteiger charge is 2.42. The molecule has 0 spiro atoms. The van der Waals surface area contributed by atoms with Crippen molar-refractivity contribution in [2.24, 2.45) is 5.73 Å². The topological polar surface area (TPSA) is 95.7 Å². The van der Waals surface area contributed by atoms with Gasteiger partial charge in [-0.15, -0.1) is 0 Å². The lowest BCUT2D eigenvalue weighted by Gasteiger charge is -2.44. The van der Waals surface area contributed by atoms with Gasteiger partial charge in [0.15, 0.2) is 0 Å². The molecule has 1 aromatic rings. The largest absolute Gasteiger partial charge is 0.357 e. The predicted octanol–water partition coefficient (Wildman–Crippen LogP) is 2.65. The molecule has 1 aromatic carbocycles. The standard InChI is InChI=1S/C27H36F2N4O3/c1-4-5-22-26(36)33(23(24(34)31-3)17-19-10-12-27(2,29)13-11-19)15-14-32(22)25(35)21(30)16-18-6-8-20(28)9-7-18/h6-12,21-23H,4-5,13-17,30H2,1-3H3,(H,31,34). The molecular weight excluding hydrogens is 466 g/mol. The molecule has 1 aliphatic carbocycles. The Balaban J connectivity index is 1.76. The van der Waals surface area contributed by atoms with Gasteiger partial charge in [0.05, 0.1) is 6.04 Å². The van der Waals surface area contributed by atoms with Crippen LogP contribution in [-0.2, 0) is 20.8 Å². The Kier molecular flexibility index (Phi) is 9.00. The number of nitrogens with two attached hydrogens (primary N) is 1. The Morgan fingerprint density at radius 3 is 2.50 bits per heavy atom. The van der Waals surface area contributed by atoms with Gasteiger partial charge in [-0.25, -0.2) is 8.78 Å². The van der Waals surface area contributed by atoms with Crippen molar-refractivity contribution in [3.8, 4) is 0 Å². The summed E-state index contributed by atoms with van der Waals surface area (Å²) in [6, 6.07) is 3.43. The van der Waals surface area contributed by atoms with Gasteiger partial charge in [-0.2, -0.15) is 0 Å². The molecule has 1 aliphatic heterocycles. The average molecular weight is 503 g/mol. The summed E-state index contributed by atoms with van der Waals surface area (Å²) in [6.45, 7) is 3.85. The maximum absolute atomic E-state index is 14.2. The fourth-order valence-corrected chi connectivity index (χ4v) is 4.74. The lowest BCUT2D eigenvalue weighted by atomic mass is 9.91. The third-order valence-electron chi connectivity index (χ3n) is 6.82. The molecule has 1 heterocycles. The lowest BCUT2D eigenvalue weighted by Crippen LogP contribution is -2.64. The first kappa shape index (κ1) is 27.5. The number of carbonyl (C=O) groups is 3. The molecule has 3 amide bonds. The van der Waals surface area contributed by atoms with Crippen LogP contribution in [0.1, 0.15) is 45.1 Å². The molecule has 9 heteroatoms. The summed E-state index contributed by atoms with van der Waals surface area (Å²) in [4.78, 5) is 42.8. The first-order valence-corrected chi connectivity index (χ1v) is 12.5. The van der Waals surface area contributed by atoms with Gasteiger partial charge in [-0.05, 0) is 49.1 Å². The molecule has 0 radical (unpaired) electrons. The number of nitrogens with zero attached hydrogens (tertiary/aromatic N) is 2. The zero-order chi connectivity index (χ0) is 26.5. The fourth-order valence-electron chi connectivity index (χ4n) is 4.74. The number of likely N-dealkylation sites (N-methyl/N-ethyl adjacent to an activating group) is 1. The van der Waals surface area contributed by atoms with Gasteiger partial charge in [0, 0.05) is 33.0 Å². The van der Waals surface area contributed by atoms with Crippen LogP contribution in [0.25, 0.3) is 0 Å². The Labute approximate surface area is 211 Å². The van der Waals surface area contributed by atoms with E-state index in [4.69, 9.17) is 5.73 Å². The molecule has 0 bridgehead atoms. The minimum absolute atomic E-state index is 0.184. The van der Waals surface area contributed by atoms with Crippen LogP contribution < -0.4 is 11.1 Å². The Morgan fingerprint density at radius 1 is 1.22 bits per heavy atom. The summed E-state index contributed by atoms with van der Waals surface area (Å²) in [5.74, 6) is -1.32. The number of amides is 3. The van der Waals surface area contributed by atoms with Crippen molar-refractivity contribution in [2.75, 3.05) is 20.1 Å². The molecule has 196 valence electrons. The number of alkyl halides is 1. The summed E-state index contributed by atoms with van der Waals surface area (Å²) < 4.78 is 27.4. The van der Waals surface area contributed by atoms with E-state index >= 15 is 0 Å². The molecule has 0 aromatic heterocycles. The van der Waals surface area contributed by atoms with E-state index < -0.39 is 23.8 Å². The number of carbonyl (C=O) groups excluding carboxylic acids is 3. The van der Waals surface area contributed by atoms with Gasteiger partial charge in [-0.1, -0.05) is 37.6 Å². The second kappa shape index (κ2) is 11.8. The van der Waals surface area contributed by atoms with Crippen LogP contribution in [0.5, 0.6) is 0 Å². The highest BCUT2D eigenvalue weighted by atomic mass is 19.1. The second-order valence-corrected chi connectivity index (χ2v) is 9.73. The van der Waals surface area contributed by atoms with Crippen molar-refractivity contribution < 1.29 is 23.2 Å². The number of hydrogen-bond acceptors (Lipinski definition) is 4. The fraction of sp³-hybridized carbons (Fsp3) is 0.519. The Bertz CT molecular complexity index is 1020. The van der Waals surface area contributed by atoms with Crippen molar-refractivity contribution >= 4 is 17.7 Å². The van der Waals surface area contributed by atoms with Crippen molar-refractivity contribution in [1.29, 1.82) is 0 Å². The number of rotatable bonds is 9. The van der Waals surface area contributed by atoms with Crippen LogP contribution in [0, 0.1) is 5.82 Å². The highest BCUT2D eigenvalue weighted by Crippen LogP contribution is 2.28. The third-order valence-corrected chi connectivity index (χ3v) is 6.82. The van der Waals surface area contributed by atoms with E-state index in [0.29, 0.717) is 12.8 Å². The molecule has 1 saturated heterocycles. The molecule has 7 nitrogen and oxygen atoms in total. The highest BCUT2D eigenvalue weighted by molar-refractivity contribution is 5.94. The van der Waals surface area contributed by atoms with E-state index in [2.05, 4.69) is 5.32 Å². The van der Waals surface area contributed by atoms with Gasteiger partial charge in [0.2, 0.25) is 17.7 Å². The molecular formula is C27H36F2N4O3. The van der Waals surface area contributed by atoms with Gasteiger partial charge >= 0.3 is 0 Å². The van der Waals surface area contributed by atoms with E-state index in [9.17, 15) is 23.2 Å². The van der Waals surface area contributed by atoms with Crippen molar-refractivity contribution in [3.63, 3.8) is 0 Å². The van der Waals surface area contributed by atoms with Crippen molar-refractivity contribution in [3.05, 3.63) is 59.4 Å². The first-order valence-electron chi connectivity index (χ1n) is 12.5. The van der Waals surface area contributed by atoms with Crippen LogP contribution >= 0.6 is 0 Å². The normalized spacial score (nSPS) is 23.8. The quantitative estimate of drug-likeness (QED) is 0.543. The summed E-state index contributed by atoms with van der Waals surface area (Å²) in [7, 11) is 1.52. The van der Waals surface area contributed by atoms with Gasteiger partial charge < -0.3 is 20.9 Å². The van der Waals surface area contributed by atoms with Crippen LogP contribution in [0.4, 0.5) is 8.78 Å². The summed E-state index contributed by atoms with van der Waals surface area (Å²) in [5.41, 5.74) is 6.31. The number of piperazine rings is 1. The molecule has 36 heavy (non-hydrogen) atoms. The molecule has 4 unspecified atom stereocenters. The summed E-state index contributed by atoms with van der Waals surface area (Å²) in [5, 5.41) is 2.63. The molecule has 3 N–H and O–H groups in total. The molecule has 4 atom stereocenters. The minimum atomic E-state index is -1.42. The maximum Gasteiger partial charge on any atom is 0.246 e. The van der Waals surface area contributed by atoms with E-state index in [1.807, 2.05) is 6.92 Å². The lowest BCUT2D eigenvalue weighted by molar-refractivity contribution is -0.156. The summed E-state index contributed by atoms with van der Waals surface area (Å²) >= 11 is 0. The molecule has 2 aliphatic rings. The smallest absolute Gasteiger partial charge is 0.246 e.